The molecule has 0 radical (unpaired) electrons. The highest BCUT2D eigenvalue weighted by atomic mass is 15.1. The largest absolute Gasteiger partial charge is 0.278 e. The van der Waals surface area contributed by atoms with Crippen molar-refractivity contribution < 1.29 is 0 Å². The molecule has 0 fully saturated rings. The number of aryl methyl sites for hydroxylation is 1. The van der Waals surface area contributed by atoms with E-state index in [2.05, 4.69) is 71.7 Å². The van der Waals surface area contributed by atoms with Crippen molar-refractivity contribution in [2.75, 3.05) is 0 Å². The summed E-state index contributed by atoms with van der Waals surface area (Å²) in [4.78, 5) is 0. The van der Waals surface area contributed by atoms with E-state index in [-0.39, 0.29) is 0 Å². The van der Waals surface area contributed by atoms with Crippen LogP contribution in [-0.4, -0.2) is 10.2 Å². The highest BCUT2D eigenvalue weighted by Crippen LogP contribution is 2.26. The van der Waals surface area contributed by atoms with E-state index in [1.54, 1.807) is 0 Å². The van der Waals surface area contributed by atoms with Crippen molar-refractivity contribution in [1.29, 1.82) is 0 Å². The van der Waals surface area contributed by atoms with Gasteiger partial charge in [0, 0.05) is 5.56 Å². The average Bonchev–Trinajstić information content (AvgIpc) is 2.87. The van der Waals surface area contributed by atoms with Crippen molar-refractivity contribution >= 4 is 0 Å². The Morgan fingerprint density at radius 3 is 2.42 bits per heavy atom. The van der Waals surface area contributed by atoms with Gasteiger partial charge in [-0.25, -0.2) is 0 Å². The maximum atomic E-state index is 4.12. The van der Waals surface area contributed by atoms with Crippen LogP contribution in [0.2, 0.25) is 0 Å². The van der Waals surface area contributed by atoms with Gasteiger partial charge in [0.1, 0.15) is 0 Å². The van der Waals surface area contributed by atoms with Crippen molar-refractivity contribution in [1.82, 2.24) is 10.2 Å². The minimum absolute atomic E-state index is 0.940. The highest BCUT2D eigenvalue weighted by molar-refractivity contribution is 5.66. The third-order valence-corrected chi connectivity index (χ3v) is 3.35. The standard InChI is InChI=1S/C17H16N2/c1-13-12-18-19-17(13)16-10-6-5-9-15(16)11-14-7-3-2-4-8-14/h2-10,12H,11H2,1H3,(H,18,19). The van der Waals surface area contributed by atoms with Crippen LogP contribution in [0.5, 0.6) is 0 Å². The van der Waals surface area contributed by atoms with E-state index < -0.39 is 0 Å². The molecule has 19 heavy (non-hydrogen) atoms. The quantitative estimate of drug-likeness (QED) is 0.746. The Bertz CT molecular complexity index is 668. The van der Waals surface area contributed by atoms with Gasteiger partial charge < -0.3 is 0 Å². The topological polar surface area (TPSA) is 28.7 Å². The minimum atomic E-state index is 0.940. The summed E-state index contributed by atoms with van der Waals surface area (Å²) in [6, 6.07) is 19.0. The first-order valence-electron chi connectivity index (χ1n) is 6.47. The van der Waals surface area contributed by atoms with E-state index in [4.69, 9.17) is 0 Å². The fourth-order valence-corrected chi connectivity index (χ4v) is 2.35. The number of benzene rings is 2. The Balaban J connectivity index is 2.01. The molecule has 0 saturated carbocycles. The maximum absolute atomic E-state index is 4.12. The lowest BCUT2D eigenvalue weighted by Crippen LogP contribution is -1.93. The molecule has 0 aliphatic carbocycles. The lowest BCUT2D eigenvalue weighted by molar-refractivity contribution is 1.09. The van der Waals surface area contributed by atoms with Crippen molar-refractivity contribution in [2.24, 2.45) is 0 Å². The first kappa shape index (κ1) is 11.7. The molecule has 1 N–H and O–H groups in total. The summed E-state index contributed by atoms with van der Waals surface area (Å²) in [5.74, 6) is 0. The van der Waals surface area contributed by atoms with Gasteiger partial charge in [-0.2, -0.15) is 5.10 Å². The molecule has 2 heteroatoms. The molecule has 0 amide bonds. The van der Waals surface area contributed by atoms with E-state index >= 15 is 0 Å². The molecule has 3 rings (SSSR count). The second kappa shape index (κ2) is 5.11. The smallest absolute Gasteiger partial charge is 0.0682 e. The molecule has 1 heterocycles. The molecule has 0 saturated heterocycles. The molecular weight excluding hydrogens is 232 g/mol. The van der Waals surface area contributed by atoms with E-state index in [0.717, 1.165) is 12.1 Å². The Hall–Kier alpha value is -2.35. The second-order valence-corrected chi connectivity index (χ2v) is 4.75. The molecular formula is C17H16N2. The molecule has 2 aromatic carbocycles. The predicted molar refractivity (Wildman–Crippen MR) is 78.0 cm³/mol. The van der Waals surface area contributed by atoms with Crippen LogP contribution < -0.4 is 0 Å². The SMILES string of the molecule is Cc1cn[nH]c1-c1ccccc1Cc1ccccc1. The summed E-state index contributed by atoms with van der Waals surface area (Å²) < 4.78 is 0. The zero-order chi connectivity index (χ0) is 13.1. The van der Waals surface area contributed by atoms with Crippen LogP contribution in [0.4, 0.5) is 0 Å². The monoisotopic (exact) mass is 248 g/mol. The van der Waals surface area contributed by atoms with E-state index in [1.807, 2.05) is 6.20 Å². The number of hydrogen-bond acceptors (Lipinski definition) is 1. The van der Waals surface area contributed by atoms with E-state index in [0.29, 0.717) is 0 Å². The number of nitrogens with one attached hydrogen (secondary N) is 1. The van der Waals surface area contributed by atoms with E-state index in [1.165, 1.54) is 22.3 Å². The van der Waals surface area contributed by atoms with Crippen molar-refractivity contribution in [3.8, 4) is 11.3 Å². The third-order valence-electron chi connectivity index (χ3n) is 3.35. The van der Waals surface area contributed by atoms with Crippen LogP contribution in [0, 0.1) is 6.92 Å². The Morgan fingerprint density at radius 2 is 1.68 bits per heavy atom. The van der Waals surface area contributed by atoms with Crippen LogP contribution in [0.25, 0.3) is 11.3 Å². The van der Waals surface area contributed by atoms with Gasteiger partial charge in [-0.15, -0.1) is 0 Å². The van der Waals surface area contributed by atoms with Gasteiger partial charge in [-0.05, 0) is 30.0 Å². The molecule has 2 nitrogen and oxygen atoms in total. The van der Waals surface area contributed by atoms with Crippen molar-refractivity contribution in [3.05, 3.63) is 77.5 Å². The van der Waals surface area contributed by atoms with Gasteiger partial charge in [0.25, 0.3) is 0 Å². The number of H-pyrrole nitrogens is 1. The number of aromatic amines is 1. The second-order valence-electron chi connectivity index (χ2n) is 4.75. The lowest BCUT2D eigenvalue weighted by Gasteiger charge is -2.09. The molecule has 0 aliphatic rings. The Kier molecular flexibility index (Phi) is 3.15. The summed E-state index contributed by atoms with van der Waals surface area (Å²) in [5, 5.41) is 7.22. The van der Waals surface area contributed by atoms with Gasteiger partial charge in [-0.3, -0.25) is 5.10 Å². The van der Waals surface area contributed by atoms with Gasteiger partial charge >= 0.3 is 0 Å². The summed E-state index contributed by atoms with van der Waals surface area (Å²) in [6.45, 7) is 2.08. The fraction of sp³-hybridized carbons (Fsp3) is 0.118. The number of nitrogens with zero attached hydrogens (tertiary/aromatic N) is 1. The highest BCUT2D eigenvalue weighted by Gasteiger charge is 2.09. The van der Waals surface area contributed by atoms with Gasteiger partial charge in [0.15, 0.2) is 0 Å². The zero-order valence-corrected chi connectivity index (χ0v) is 10.9. The molecule has 0 spiro atoms. The first-order valence-corrected chi connectivity index (χ1v) is 6.47. The van der Waals surface area contributed by atoms with Gasteiger partial charge in [0.05, 0.1) is 11.9 Å². The third kappa shape index (κ3) is 2.43. The molecule has 94 valence electrons. The summed E-state index contributed by atoms with van der Waals surface area (Å²) >= 11 is 0. The van der Waals surface area contributed by atoms with Crippen LogP contribution >= 0.6 is 0 Å². The van der Waals surface area contributed by atoms with Gasteiger partial charge in [-0.1, -0.05) is 54.6 Å². The van der Waals surface area contributed by atoms with Gasteiger partial charge in [0.2, 0.25) is 0 Å². The fourth-order valence-electron chi connectivity index (χ4n) is 2.35. The minimum Gasteiger partial charge on any atom is -0.278 e. The molecule has 3 aromatic rings. The number of hydrogen-bond donors (Lipinski definition) is 1. The zero-order valence-electron chi connectivity index (χ0n) is 10.9. The number of rotatable bonds is 3. The molecule has 0 bridgehead atoms. The molecule has 0 atom stereocenters. The first-order chi connectivity index (χ1) is 9.34. The summed E-state index contributed by atoms with van der Waals surface area (Å²) in [6.07, 6.45) is 2.81. The normalized spacial score (nSPS) is 10.6. The van der Waals surface area contributed by atoms with Crippen LogP contribution in [-0.2, 0) is 6.42 Å². The average molecular weight is 248 g/mol. The van der Waals surface area contributed by atoms with Crippen molar-refractivity contribution in [2.45, 2.75) is 13.3 Å². The summed E-state index contributed by atoms with van der Waals surface area (Å²) in [5.41, 5.74) is 6.18. The molecule has 0 unspecified atom stereocenters. The maximum Gasteiger partial charge on any atom is 0.0682 e. The van der Waals surface area contributed by atoms with E-state index in [9.17, 15) is 0 Å². The van der Waals surface area contributed by atoms with Crippen molar-refractivity contribution in [3.63, 3.8) is 0 Å². The predicted octanol–water partition coefficient (Wildman–Crippen LogP) is 3.98. The summed E-state index contributed by atoms with van der Waals surface area (Å²) in [7, 11) is 0. The van der Waals surface area contributed by atoms with Crippen LogP contribution in [0.15, 0.2) is 60.8 Å². The lowest BCUT2D eigenvalue weighted by atomic mass is 9.97. The van der Waals surface area contributed by atoms with Crippen LogP contribution in [0.1, 0.15) is 16.7 Å². The number of aromatic nitrogens is 2. The Morgan fingerprint density at radius 1 is 0.947 bits per heavy atom. The van der Waals surface area contributed by atoms with Crippen LogP contribution in [0.3, 0.4) is 0 Å². The molecule has 0 aliphatic heterocycles. The molecule has 1 aromatic heterocycles. The Labute approximate surface area is 113 Å².